The second-order valence-electron chi connectivity index (χ2n) is 8.15. The number of nitrogens with zero attached hydrogens (tertiary/aromatic N) is 1. The molecule has 1 fully saturated rings. The molecule has 0 aliphatic heterocycles. The van der Waals surface area contributed by atoms with E-state index in [1.807, 2.05) is 26.8 Å². The number of hydrogen-bond donors (Lipinski definition) is 2. The van der Waals surface area contributed by atoms with Crippen LogP contribution < -0.4 is 11.1 Å². The van der Waals surface area contributed by atoms with Crippen LogP contribution in [0.3, 0.4) is 0 Å². The minimum absolute atomic E-state index is 0.105. The average Bonchev–Trinajstić information content (AvgIpc) is 2.57. The second-order valence-corrected chi connectivity index (χ2v) is 9.07. The van der Waals surface area contributed by atoms with Crippen LogP contribution in [0, 0.1) is 5.92 Å². The van der Waals surface area contributed by atoms with Gasteiger partial charge in [0, 0.05) is 11.5 Å². The fourth-order valence-corrected chi connectivity index (χ4v) is 3.84. The van der Waals surface area contributed by atoms with Gasteiger partial charge in [-0.2, -0.15) is 0 Å². The summed E-state index contributed by atoms with van der Waals surface area (Å²) in [7, 11) is 1.64. The van der Waals surface area contributed by atoms with Crippen molar-refractivity contribution < 1.29 is 14.3 Å². The van der Waals surface area contributed by atoms with Gasteiger partial charge in [-0.05, 0) is 57.7 Å². The molecule has 150 valence electrons. The molecule has 0 saturated heterocycles. The summed E-state index contributed by atoms with van der Waals surface area (Å²) in [4.78, 5) is 27.2. The molecule has 1 atom stereocenters. The molecule has 1 unspecified atom stereocenters. The number of nitrogen functional groups attached to an aromatic ring is 1. The van der Waals surface area contributed by atoms with Gasteiger partial charge in [0.2, 0.25) is 5.91 Å². The molecule has 1 aliphatic carbocycles. The molecule has 3 N–H and O–H groups in total. The van der Waals surface area contributed by atoms with Crippen LogP contribution in [0.25, 0.3) is 0 Å². The molecule has 0 bridgehead atoms. The number of rotatable bonds is 4. The molecule has 1 saturated carbocycles. The summed E-state index contributed by atoms with van der Waals surface area (Å²) >= 11 is 3.36. The van der Waals surface area contributed by atoms with Crippen LogP contribution >= 0.6 is 15.9 Å². The third kappa shape index (κ3) is 6.13. The third-order valence-electron chi connectivity index (χ3n) is 4.74. The van der Waals surface area contributed by atoms with Gasteiger partial charge in [0.1, 0.15) is 11.6 Å². The van der Waals surface area contributed by atoms with Gasteiger partial charge in [-0.1, -0.05) is 35.2 Å². The van der Waals surface area contributed by atoms with Crippen molar-refractivity contribution in [2.75, 3.05) is 18.1 Å². The molecule has 1 aromatic carbocycles. The Hall–Kier alpha value is -1.76. The maximum atomic E-state index is 13.1. The number of ether oxygens (including phenoxy) is 1. The zero-order valence-corrected chi connectivity index (χ0v) is 18.1. The Morgan fingerprint density at radius 1 is 1.26 bits per heavy atom. The zero-order valence-electron chi connectivity index (χ0n) is 16.5. The number of benzene rings is 1. The highest BCUT2D eigenvalue weighted by molar-refractivity contribution is 9.10. The summed E-state index contributed by atoms with van der Waals surface area (Å²) in [6.45, 7) is 5.45. The molecule has 1 aliphatic rings. The molecule has 0 radical (unpaired) electrons. The first-order valence-electron chi connectivity index (χ1n) is 9.40. The molecule has 6 nitrogen and oxygen atoms in total. The number of carbonyl (C=O) groups is 2. The Balaban J connectivity index is 2.22. The highest BCUT2D eigenvalue weighted by Crippen LogP contribution is 2.31. The SMILES string of the molecule is CN(C(=O)OC(C)(C)C)C(C(=O)Nc1ccc(Br)cc1N)C1CCCCC1. The molecule has 2 amide bonds. The van der Waals surface area contributed by atoms with E-state index in [0.29, 0.717) is 11.4 Å². The van der Waals surface area contributed by atoms with Crippen LogP contribution in [0.2, 0.25) is 0 Å². The van der Waals surface area contributed by atoms with Gasteiger partial charge >= 0.3 is 6.09 Å². The summed E-state index contributed by atoms with van der Waals surface area (Å²) in [5.41, 5.74) is 6.42. The summed E-state index contributed by atoms with van der Waals surface area (Å²) in [6, 6.07) is 4.72. The first-order valence-corrected chi connectivity index (χ1v) is 10.2. The molecule has 7 heteroatoms. The molecule has 0 spiro atoms. The number of likely N-dealkylation sites (N-methyl/N-ethyl adjacent to an activating group) is 1. The second kappa shape index (κ2) is 8.95. The predicted molar refractivity (Wildman–Crippen MR) is 112 cm³/mol. The molecule has 0 heterocycles. The van der Waals surface area contributed by atoms with Gasteiger partial charge in [-0.3, -0.25) is 9.69 Å². The van der Waals surface area contributed by atoms with E-state index >= 15 is 0 Å². The van der Waals surface area contributed by atoms with Crippen molar-refractivity contribution in [1.82, 2.24) is 4.90 Å². The zero-order chi connectivity index (χ0) is 20.2. The summed E-state index contributed by atoms with van der Waals surface area (Å²) < 4.78 is 6.33. The van der Waals surface area contributed by atoms with E-state index in [1.54, 1.807) is 19.2 Å². The standard InChI is InChI=1S/C20H30BrN3O3/c1-20(2,3)27-19(26)24(4)17(13-8-6-5-7-9-13)18(25)23-16-11-10-14(21)12-15(16)22/h10-13,17H,5-9,22H2,1-4H3,(H,23,25). The van der Waals surface area contributed by atoms with E-state index in [0.717, 1.165) is 30.2 Å². The number of carbonyl (C=O) groups excluding carboxylic acids is 2. The molecule has 0 aromatic heterocycles. The lowest BCUT2D eigenvalue weighted by atomic mass is 9.83. The highest BCUT2D eigenvalue weighted by atomic mass is 79.9. The van der Waals surface area contributed by atoms with Crippen molar-refractivity contribution in [2.45, 2.75) is 64.5 Å². The van der Waals surface area contributed by atoms with Gasteiger partial charge in [-0.25, -0.2) is 4.79 Å². The van der Waals surface area contributed by atoms with Gasteiger partial charge in [0.25, 0.3) is 0 Å². The highest BCUT2D eigenvalue weighted by Gasteiger charge is 2.37. The van der Waals surface area contributed by atoms with E-state index in [1.165, 1.54) is 11.3 Å². The summed E-state index contributed by atoms with van der Waals surface area (Å²) in [5.74, 6) is -0.128. The molecule has 27 heavy (non-hydrogen) atoms. The largest absolute Gasteiger partial charge is 0.444 e. The number of anilines is 2. The Morgan fingerprint density at radius 3 is 2.44 bits per heavy atom. The van der Waals surface area contributed by atoms with E-state index in [2.05, 4.69) is 21.2 Å². The normalized spacial score (nSPS) is 16.5. The van der Waals surface area contributed by atoms with Crippen molar-refractivity contribution in [3.05, 3.63) is 22.7 Å². The van der Waals surface area contributed by atoms with Crippen LogP contribution in [-0.2, 0) is 9.53 Å². The van der Waals surface area contributed by atoms with Gasteiger partial charge in [-0.15, -0.1) is 0 Å². The van der Waals surface area contributed by atoms with Crippen molar-refractivity contribution in [3.8, 4) is 0 Å². The fourth-order valence-electron chi connectivity index (χ4n) is 3.46. The Bertz CT molecular complexity index is 682. The van der Waals surface area contributed by atoms with Gasteiger partial charge in [0.15, 0.2) is 0 Å². The molecule has 2 rings (SSSR count). The number of nitrogens with one attached hydrogen (secondary N) is 1. The van der Waals surface area contributed by atoms with Crippen LogP contribution in [0.4, 0.5) is 16.2 Å². The maximum Gasteiger partial charge on any atom is 0.410 e. The summed E-state index contributed by atoms with van der Waals surface area (Å²) in [6.07, 6.45) is 4.65. The van der Waals surface area contributed by atoms with Crippen molar-refractivity contribution in [3.63, 3.8) is 0 Å². The van der Waals surface area contributed by atoms with E-state index in [4.69, 9.17) is 10.5 Å². The molecular formula is C20H30BrN3O3. The van der Waals surface area contributed by atoms with Crippen LogP contribution in [-0.4, -0.2) is 35.6 Å². The lowest BCUT2D eigenvalue weighted by molar-refractivity contribution is -0.123. The van der Waals surface area contributed by atoms with E-state index < -0.39 is 17.7 Å². The summed E-state index contributed by atoms with van der Waals surface area (Å²) in [5, 5.41) is 2.90. The quantitative estimate of drug-likeness (QED) is 0.660. The minimum atomic E-state index is -0.616. The first-order chi connectivity index (χ1) is 12.6. The van der Waals surface area contributed by atoms with Crippen molar-refractivity contribution in [1.29, 1.82) is 0 Å². The van der Waals surface area contributed by atoms with Crippen molar-refractivity contribution in [2.24, 2.45) is 5.92 Å². The van der Waals surface area contributed by atoms with Crippen LogP contribution in [0.5, 0.6) is 0 Å². The predicted octanol–water partition coefficient (Wildman–Crippen LogP) is 4.79. The van der Waals surface area contributed by atoms with Crippen LogP contribution in [0.1, 0.15) is 52.9 Å². The Kier molecular flexibility index (Phi) is 7.14. The number of nitrogens with two attached hydrogens (primary N) is 1. The van der Waals surface area contributed by atoms with E-state index in [-0.39, 0.29) is 11.8 Å². The lowest BCUT2D eigenvalue weighted by Crippen LogP contribution is -2.51. The molecule has 1 aromatic rings. The number of amides is 2. The minimum Gasteiger partial charge on any atom is -0.444 e. The smallest absolute Gasteiger partial charge is 0.410 e. The van der Waals surface area contributed by atoms with E-state index in [9.17, 15) is 9.59 Å². The van der Waals surface area contributed by atoms with Crippen LogP contribution in [0.15, 0.2) is 22.7 Å². The maximum absolute atomic E-state index is 13.1. The van der Waals surface area contributed by atoms with Gasteiger partial charge < -0.3 is 15.8 Å². The number of hydrogen-bond acceptors (Lipinski definition) is 4. The third-order valence-corrected chi connectivity index (χ3v) is 5.23. The lowest BCUT2D eigenvalue weighted by Gasteiger charge is -2.36. The topological polar surface area (TPSA) is 84.7 Å². The molecular weight excluding hydrogens is 410 g/mol. The number of halogens is 1. The first kappa shape index (κ1) is 21.5. The van der Waals surface area contributed by atoms with Gasteiger partial charge in [0.05, 0.1) is 11.4 Å². The average molecular weight is 440 g/mol. The monoisotopic (exact) mass is 439 g/mol. The fraction of sp³-hybridized carbons (Fsp3) is 0.600. The van der Waals surface area contributed by atoms with Crippen molar-refractivity contribution >= 4 is 39.3 Å². The Labute approximate surface area is 169 Å². The Morgan fingerprint density at radius 2 is 1.89 bits per heavy atom.